The summed E-state index contributed by atoms with van der Waals surface area (Å²) in [5, 5.41) is 2.42. The number of methoxy groups -OCH3 is 1. The highest BCUT2D eigenvalue weighted by Crippen LogP contribution is 2.16. The average molecular weight is 386 g/mol. The highest BCUT2D eigenvalue weighted by molar-refractivity contribution is 6.30. The molecule has 142 valence electrons. The average Bonchev–Trinajstić information content (AvgIpc) is 2.64. The number of esters is 2. The van der Waals surface area contributed by atoms with Gasteiger partial charge < -0.3 is 14.8 Å². The Morgan fingerprint density at radius 2 is 2.04 bits per heavy atom. The number of carbonyl (C=O) groups excluding carboxylic acids is 3. The molecule has 0 radical (unpaired) electrons. The first-order valence-electron chi connectivity index (χ1n) is 7.95. The van der Waals surface area contributed by atoms with Crippen molar-refractivity contribution >= 4 is 35.5 Å². The van der Waals surface area contributed by atoms with Gasteiger partial charge in [-0.2, -0.15) is 0 Å². The second-order valence-electron chi connectivity index (χ2n) is 5.57. The normalized spacial score (nSPS) is 13.1. The molecule has 0 aliphatic heterocycles. The van der Waals surface area contributed by atoms with Gasteiger partial charge in [0.1, 0.15) is 11.9 Å². The van der Waals surface area contributed by atoms with Crippen molar-refractivity contribution in [2.45, 2.75) is 26.3 Å². The SMILES string of the molecule is CC[C@@H](C)[C@@H](NC(=O)COC(=O)/C=C/c1ccc(F)c(Cl)c1)C(=O)OC. The molecule has 1 aromatic rings. The van der Waals surface area contributed by atoms with Crippen molar-refractivity contribution < 1.29 is 28.2 Å². The summed E-state index contributed by atoms with van der Waals surface area (Å²) >= 11 is 5.64. The largest absolute Gasteiger partial charge is 0.467 e. The minimum atomic E-state index is -0.812. The van der Waals surface area contributed by atoms with Gasteiger partial charge in [0.2, 0.25) is 0 Å². The van der Waals surface area contributed by atoms with Gasteiger partial charge in [0, 0.05) is 6.08 Å². The molecular weight excluding hydrogens is 365 g/mol. The van der Waals surface area contributed by atoms with E-state index in [0.29, 0.717) is 12.0 Å². The fourth-order valence-corrected chi connectivity index (χ4v) is 2.17. The fraction of sp³-hybridized carbons (Fsp3) is 0.389. The molecule has 8 heteroatoms. The van der Waals surface area contributed by atoms with Crippen molar-refractivity contribution in [2.24, 2.45) is 5.92 Å². The number of nitrogens with one attached hydrogen (secondary N) is 1. The van der Waals surface area contributed by atoms with Crippen molar-refractivity contribution in [3.05, 3.63) is 40.7 Å². The van der Waals surface area contributed by atoms with Crippen molar-refractivity contribution in [1.82, 2.24) is 5.32 Å². The lowest BCUT2D eigenvalue weighted by Crippen LogP contribution is -2.47. The summed E-state index contributed by atoms with van der Waals surface area (Å²) in [6.45, 7) is 3.13. The van der Waals surface area contributed by atoms with Crippen LogP contribution in [0.2, 0.25) is 5.02 Å². The number of carbonyl (C=O) groups is 3. The summed E-state index contributed by atoms with van der Waals surface area (Å²) in [5.74, 6) is -2.65. The van der Waals surface area contributed by atoms with Crippen LogP contribution < -0.4 is 5.32 Å². The van der Waals surface area contributed by atoms with Gasteiger partial charge in [-0.15, -0.1) is 0 Å². The molecule has 0 aromatic heterocycles. The molecule has 1 rings (SSSR count). The Morgan fingerprint density at radius 3 is 2.62 bits per heavy atom. The predicted molar refractivity (Wildman–Crippen MR) is 94.8 cm³/mol. The van der Waals surface area contributed by atoms with Crippen LogP contribution >= 0.6 is 11.6 Å². The second-order valence-corrected chi connectivity index (χ2v) is 5.98. The third kappa shape index (κ3) is 6.84. The predicted octanol–water partition coefficient (Wildman–Crippen LogP) is 2.74. The smallest absolute Gasteiger partial charge is 0.331 e. The number of hydrogen-bond acceptors (Lipinski definition) is 5. The van der Waals surface area contributed by atoms with Gasteiger partial charge in [-0.05, 0) is 29.7 Å². The molecule has 0 aliphatic rings. The van der Waals surface area contributed by atoms with E-state index in [0.717, 1.165) is 6.08 Å². The van der Waals surface area contributed by atoms with Crippen LogP contribution in [0.1, 0.15) is 25.8 Å². The Hall–Kier alpha value is -2.41. The molecule has 0 spiro atoms. The molecule has 0 saturated carbocycles. The molecule has 6 nitrogen and oxygen atoms in total. The van der Waals surface area contributed by atoms with Crippen LogP contribution in [0.25, 0.3) is 6.08 Å². The van der Waals surface area contributed by atoms with E-state index >= 15 is 0 Å². The van der Waals surface area contributed by atoms with E-state index in [2.05, 4.69) is 10.1 Å². The summed E-state index contributed by atoms with van der Waals surface area (Å²) in [5.41, 5.74) is 0.500. The van der Waals surface area contributed by atoms with Crippen LogP contribution in [0.3, 0.4) is 0 Å². The van der Waals surface area contributed by atoms with Crippen molar-refractivity contribution in [3.8, 4) is 0 Å². The number of amides is 1. The highest BCUT2D eigenvalue weighted by atomic mass is 35.5. The van der Waals surface area contributed by atoms with Crippen molar-refractivity contribution in [2.75, 3.05) is 13.7 Å². The molecule has 1 N–H and O–H groups in total. The zero-order chi connectivity index (χ0) is 19.7. The first kappa shape index (κ1) is 21.6. The van der Waals surface area contributed by atoms with Gasteiger partial charge >= 0.3 is 11.9 Å². The maximum absolute atomic E-state index is 13.1. The quantitative estimate of drug-likeness (QED) is 0.549. The minimum Gasteiger partial charge on any atom is -0.467 e. The van der Waals surface area contributed by atoms with Crippen LogP contribution in [0.4, 0.5) is 4.39 Å². The fourth-order valence-electron chi connectivity index (χ4n) is 1.98. The molecule has 26 heavy (non-hydrogen) atoms. The van der Waals surface area contributed by atoms with Gasteiger partial charge in [0.15, 0.2) is 6.61 Å². The maximum Gasteiger partial charge on any atom is 0.331 e. The number of rotatable bonds is 8. The van der Waals surface area contributed by atoms with Gasteiger partial charge in [0.25, 0.3) is 5.91 Å². The summed E-state index contributed by atoms with van der Waals surface area (Å²) in [6, 6.07) is 3.14. The molecule has 0 fully saturated rings. The molecule has 0 aliphatic carbocycles. The molecule has 0 saturated heterocycles. The van der Waals surface area contributed by atoms with E-state index in [1.807, 2.05) is 6.92 Å². The molecule has 0 bridgehead atoms. The summed E-state index contributed by atoms with van der Waals surface area (Å²) in [4.78, 5) is 35.2. The first-order chi connectivity index (χ1) is 12.3. The Bertz CT molecular complexity index is 692. The topological polar surface area (TPSA) is 81.7 Å². The Morgan fingerprint density at radius 1 is 1.35 bits per heavy atom. The summed E-state index contributed by atoms with van der Waals surface area (Å²) in [7, 11) is 1.23. The van der Waals surface area contributed by atoms with Gasteiger partial charge in [-0.3, -0.25) is 4.79 Å². The summed E-state index contributed by atoms with van der Waals surface area (Å²) < 4.78 is 22.5. The van der Waals surface area contributed by atoms with E-state index in [4.69, 9.17) is 16.3 Å². The molecular formula is C18H21ClFNO5. The van der Waals surface area contributed by atoms with Crippen molar-refractivity contribution in [3.63, 3.8) is 0 Å². The molecule has 1 aromatic carbocycles. The van der Waals surface area contributed by atoms with Gasteiger partial charge in [-0.1, -0.05) is 37.9 Å². The van der Waals surface area contributed by atoms with Crippen LogP contribution in [-0.2, 0) is 23.9 Å². The van der Waals surface area contributed by atoms with E-state index in [9.17, 15) is 18.8 Å². The summed E-state index contributed by atoms with van der Waals surface area (Å²) in [6.07, 6.45) is 3.12. The molecule has 0 unspecified atom stereocenters. The lowest BCUT2D eigenvalue weighted by atomic mass is 9.99. The number of hydrogen-bond donors (Lipinski definition) is 1. The van der Waals surface area contributed by atoms with Crippen LogP contribution in [0.15, 0.2) is 24.3 Å². The number of halogens is 2. The van der Waals surface area contributed by atoms with Gasteiger partial charge in [0.05, 0.1) is 12.1 Å². The lowest BCUT2D eigenvalue weighted by molar-refractivity contribution is -0.148. The molecule has 0 heterocycles. The van der Waals surface area contributed by atoms with Crippen LogP contribution in [0, 0.1) is 11.7 Å². The van der Waals surface area contributed by atoms with E-state index in [-0.39, 0.29) is 10.9 Å². The molecule has 2 atom stereocenters. The van der Waals surface area contributed by atoms with Crippen LogP contribution in [0.5, 0.6) is 0 Å². The number of benzene rings is 1. The zero-order valence-electron chi connectivity index (χ0n) is 14.8. The zero-order valence-corrected chi connectivity index (χ0v) is 15.5. The van der Waals surface area contributed by atoms with E-state index in [1.54, 1.807) is 6.92 Å². The Balaban J connectivity index is 2.54. The number of ether oxygens (including phenoxy) is 2. The minimum absolute atomic E-state index is 0.0706. The Labute approximate surface area is 156 Å². The molecule has 1 amide bonds. The van der Waals surface area contributed by atoms with E-state index in [1.165, 1.54) is 31.4 Å². The third-order valence-electron chi connectivity index (χ3n) is 3.69. The lowest BCUT2D eigenvalue weighted by Gasteiger charge is -2.21. The highest BCUT2D eigenvalue weighted by Gasteiger charge is 2.26. The van der Waals surface area contributed by atoms with Crippen molar-refractivity contribution in [1.29, 1.82) is 0 Å². The monoisotopic (exact) mass is 385 g/mol. The maximum atomic E-state index is 13.1. The Kier molecular flexibility index (Phi) is 8.78. The second kappa shape index (κ2) is 10.6. The standard InChI is InChI=1S/C18H21ClFNO5/c1-4-11(2)17(18(24)25-3)21-15(22)10-26-16(23)8-6-12-5-7-14(20)13(19)9-12/h5-9,11,17H,4,10H2,1-3H3,(H,21,22)/b8-6+/t11-,17-/m1/s1. The van der Waals surface area contributed by atoms with E-state index < -0.39 is 36.3 Å². The first-order valence-corrected chi connectivity index (χ1v) is 8.33. The van der Waals surface area contributed by atoms with Gasteiger partial charge in [-0.25, -0.2) is 14.0 Å². The third-order valence-corrected chi connectivity index (χ3v) is 3.98. The van der Waals surface area contributed by atoms with Crippen LogP contribution in [-0.4, -0.2) is 37.6 Å².